The van der Waals surface area contributed by atoms with Crippen LogP contribution >= 0.6 is 0 Å². The maximum absolute atomic E-state index is 13.4. The monoisotopic (exact) mass is 313 g/mol. The van der Waals surface area contributed by atoms with Gasteiger partial charge in [0.05, 0.1) is 5.92 Å². The summed E-state index contributed by atoms with van der Waals surface area (Å²) in [6, 6.07) is 7.28. The molecule has 0 spiro atoms. The van der Waals surface area contributed by atoms with Gasteiger partial charge in [0, 0.05) is 17.2 Å². The second-order valence-corrected chi connectivity index (χ2v) is 6.37. The molecule has 0 aromatic heterocycles. The number of rotatable bonds is 1. The van der Waals surface area contributed by atoms with E-state index in [4.69, 9.17) is 0 Å². The van der Waals surface area contributed by atoms with E-state index in [2.05, 4.69) is 5.32 Å². The Balaban J connectivity index is 1.75. The number of Topliss-reactive ketones (excluding diaryl/α,β-unsaturated/α-hetero) is 1. The van der Waals surface area contributed by atoms with Crippen molar-refractivity contribution >= 4 is 11.7 Å². The van der Waals surface area contributed by atoms with Crippen molar-refractivity contribution in [2.75, 3.05) is 0 Å². The van der Waals surface area contributed by atoms with Gasteiger partial charge in [0.25, 0.3) is 5.91 Å². The summed E-state index contributed by atoms with van der Waals surface area (Å²) in [5, 5.41) is 13.7. The standard InChI is InChI=1S/C18H16FNO3/c19-11-6-8-13-15(9-11)20-17(22)18(13,23)14-7-5-10-3-1-2-4-12(10)16(14)21/h1-4,6,9,13-14,23H,5,7-8H2,(H,20,22)/t13?,14-,18+/m0/s1. The average molecular weight is 313 g/mol. The van der Waals surface area contributed by atoms with E-state index in [0.29, 0.717) is 24.1 Å². The molecule has 1 amide bonds. The van der Waals surface area contributed by atoms with E-state index in [1.165, 1.54) is 12.2 Å². The van der Waals surface area contributed by atoms with Crippen LogP contribution in [0, 0.1) is 11.8 Å². The third-order valence-electron chi connectivity index (χ3n) is 5.20. The summed E-state index contributed by atoms with van der Waals surface area (Å²) in [5.41, 5.74) is 0.0680. The van der Waals surface area contributed by atoms with Crippen molar-refractivity contribution in [3.8, 4) is 0 Å². The number of aliphatic hydroxyl groups is 1. The van der Waals surface area contributed by atoms with E-state index in [1.54, 1.807) is 12.1 Å². The lowest BCUT2D eigenvalue weighted by Crippen LogP contribution is -2.53. The third-order valence-corrected chi connectivity index (χ3v) is 5.20. The molecular weight excluding hydrogens is 297 g/mol. The molecule has 4 nitrogen and oxygen atoms in total. The smallest absolute Gasteiger partial charge is 0.257 e. The van der Waals surface area contributed by atoms with Gasteiger partial charge in [-0.3, -0.25) is 9.59 Å². The van der Waals surface area contributed by atoms with E-state index in [-0.39, 0.29) is 12.2 Å². The molecule has 1 heterocycles. The van der Waals surface area contributed by atoms with E-state index in [9.17, 15) is 19.1 Å². The molecule has 0 saturated carbocycles. The number of hydrogen-bond donors (Lipinski definition) is 2. The molecule has 23 heavy (non-hydrogen) atoms. The Morgan fingerprint density at radius 2 is 2.00 bits per heavy atom. The molecule has 1 saturated heterocycles. The first-order valence-corrected chi connectivity index (χ1v) is 7.75. The van der Waals surface area contributed by atoms with Crippen molar-refractivity contribution in [1.82, 2.24) is 5.32 Å². The van der Waals surface area contributed by atoms with Crippen LogP contribution in [0.2, 0.25) is 0 Å². The Morgan fingerprint density at radius 3 is 2.83 bits per heavy atom. The van der Waals surface area contributed by atoms with Crippen LogP contribution in [0.1, 0.15) is 28.8 Å². The number of benzene rings is 1. The first kappa shape index (κ1) is 14.3. The molecule has 2 aliphatic carbocycles. The fourth-order valence-corrected chi connectivity index (χ4v) is 4.01. The fourth-order valence-electron chi connectivity index (χ4n) is 4.01. The second kappa shape index (κ2) is 4.86. The van der Waals surface area contributed by atoms with Gasteiger partial charge in [-0.2, -0.15) is 0 Å². The molecule has 1 aromatic carbocycles. The minimum atomic E-state index is -1.81. The number of hydrogen-bond acceptors (Lipinski definition) is 3. The number of fused-ring (bicyclic) bond motifs is 2. The summed E-state index contributed by atoms with van der Waals surface area (Å²) in [4.78, 5) is 25.3. The second-order valence-electron chi connectivity index (χ2n) is 6.37. The molecule has 4 rings (SSSR count). The van der Waals surface area contributed by atoms with Gasteiger partial charge >= 0.3 is 0 Å². The molecule has 1 aromatic rings. The predicted molar refractivity (Wildman–Crippen MR) is 81.1 cm³/mol. The number of halogens is 1. The zero-order chi connectivity index (χ0) is 16.2. The highest BCUT2D eigenvalue weighted by Crippen LogP contribution is 2.45. The van der Waals surface area contributed by atoms with Crippen LogP contribution in [0.25, 0.3) is 0 Å². The number of carbonyl (C=O) groups excluding carboxylic acids is 2. The van der Waals surface area contributed by atoms with Crippen molar-refractivity contribution in [2.45, 2.75) is 24.9 Å². The Bertz CT molecular complexity index is 782. The van der Waals surface area contributed by atoms with Crippen LogP contribution in [-0.4, -0.2) is 22.4 Å². The molecule has 2 N–H and O–H groups in total. The van der Waals surface area contributed by atoms with Crippen LogP contribution < -0.4 is 5.32 Å². The minimum absolute atomic E-state index is 0.207. The van der Waals surface area contributed by atoms with Crippen molar-refractivity contribution in [1.29, 1.82) is 0 Å². The lowest BCUT2D eigenvalue weighted by atomic mass is 9.67. The number of allylic oxidation sites excluding steroid dienone is 3. The molecule has 0 radical (unpaired) electrons. The lowest BCUT2D eigenvalue weighted by molar-refractivity contribution is -0.143. The SMILES string of the molecule is O=C1c2ccccc2CC[C@@H]1[C@@]1(O)C(=O)NC2=CC(F)=CCC21. The van der Waals surface area contributed by atoms with E-state index in [1.807, 2.05) is 12.1 Å². The highest BCUT2D eigenvalue weighted by Gasteiger charge is 2.59. The van der Waals surface area contributed by atoms with E-state index < -0.39 is 29.2 Å². The van der Waals surface area contributed by atoms with Gasteiger partial charge in [-0.1, -0.05) is 24.3 Å². The molecule has 1 aliphatic heterocycles. The average Bonchev–Trinajstić information content (AvgIpc) is 2.79. The summed E-state index contributed by atoms with van der Waals surface area (Å²) in [7, 11) is 0. The summed E-state index contributed by atoms with van der Waals surface area (Å²) >= 11 is 0. The fraction of sp³-hybridized carbons (Fsp3) is 0.333. The quantitative estimate of drug-likeness (QED) is 0.834. The normalized spacial score (nSPS) is 32.6. The maximum Gasteiger partial charge on any atom is 0.257 e. The van der Waals surface area contributed by atoms with Crippen LogP contribution in [0.15, 0.2) is 47.9 Å². The van der Waals surface area contributed by atoms with Gasteiger partial charge in [-0.15, -0.1) is 0 Å². The largest absolute Gasteiger partial charge is 0.379 e. The lowest BCUT2D eigenvalue weighted by Gasteiger charge is -2.37. The molecule has 5 heteroatoms. The molecule has 118 valence electrons. The van der Waals surface area contributed by atoms with Crippen molar-refractivity contribution < 1.29 is 19.1 Å². The van der Waals surface area contributed by atoms with Crippen molar-refractivity contribution in [3.05, 3.63) is 59.1 Å². The summed E-state index contributed by atoms with van der Waals surface area (Å²) in [6.07, 6.45) is 3.83. The number of amides is 1. The number of carbonyl (C=O) groups is 2. The highest BCUT2D eigenvalue weighted by atomic mass is 19.1. The molecule has 1 fully saturated rings. The molecule has 1 unspecified atom stereocenters. The Hall–Kier alpha value is -2.27. The number of nitrogens with one attached hydrogen (secondary N) is 1. The van der Waals surface area contributed by atoms with Gasteiger partial charge in [-0.25, -0.2) is 4.39 Å². The zero-order valence-corrected chi connectivity index (χ0v) is 12.4. The zero-order valence-electron chi connectivity index (χ0n) is 12.4. The van der Waals surface area contributed by atoms with Gasteiger partial charge in [0.1, 0.15) is 5.83 Å². The van der Waals surface area contributed by atoms with Crippen LogP contribution in [0.3, 0.4) is 0 Å². The number of ketones is 1. The minimum Gasteiger partial charge on any atom is -0.379 e. The van der Waals surface area contributed by atoms with Crippen LogP contribution in [-0.2, 0) is 11.2 Å². The van der Waals surface area contributed by atoms with E-state index in [0.717, 1.165) is 5.56 Å². The van der Waals surface area contributed by atoms with Crippen molar-refractivity contribution in [3.63, 3.8) is 0 Å². The molecule has 3 aliphatic rings. The molecular formula is C18H16FNO3. The van der Waals surface area contributed by atoms with Gasteiger partial charge in [-0.05, 0) is 37.0 Å². The number of aryl methyl sites for hydroxylation is 1. The molecule has 0 bridgehead atoms. The van der Waals surface area contributed by atoms with Crippen LogP contribution in [0.5, 0.6) is 0 Å². The Morgan fingerprint density at radius 1 is 1.22 bits per heavy atom. The third kappa shape index (κ3) is 1.93. The summed E-state index contributed by atoms with van der Waals surface area (Å²) < 4.78 is 13.4. The first-order chi connectivity index (χ1) is 11.0. The first-order valence-electron chi connectivity index (χ1n) is 7.75. The van der Waals surface area contributed by atoms with Crippen LogP contribution in [0.4, 0.5) is 4.39 Å². The van der Waals surface area contributed by atoms with Gasteiger partial charge < -0.3 is 10.4 Å². The Kier molecular flexibility index (Phi) is 3.03. The predicted octanol–water partition coefficient (Wildman–Crippen LogP) is 2.05. The summed E-state index contributed by atoms with van der Waals surface area (Å²) in [5.74, 6) is -2.63. The van der Waals surface area contributed by atoms with E-state index >= 15 is 0 Å². The van der Waals surface area contributed by atoms with Gasteiger partial charge in [0.15, 0.2) is 11.4 Å². The summed E-state index contributed by atoms with van der Waals surface area (Å²) in [6.45, 7) is 0. The van der Waals surface area contributed by atoms with Gasteiger partial charge in [0.2, 0.25) is 0 Å². The molecule has 3 atom stereocenters. The highest BCUT2D eigenvalue weighted by molar-refractivity contribution is 6.05. The Labute approximate surface area is 132 Å². The maximum atomic E-state index is 13.4. The topological polar surface area (TPSA) is 66.4 Å². The van der Waals surface area contributed by atoms with Crippen molar-refractivity contribution in [2.24, 2.45) is 11.8 Å².